The Bertz CT molecular complexity index is 918. The highest BCUT2D eigenvalue weighted by Crippen LogP contribution is 2.36. The van der Waals surface area contributed by atoms with Gasteiger partial charge < -0.3 is 5.32 Å². The Morgan fingerprint density at radius 1 is 1.04 bits per heavy atom. The fraction of sp³-hybridized carbons (Fsp3) is 0.167. The number of hydrogen-bond donors (Lipinski definition) is 1. The van der Waals surface area contributed by atoms with Crippen molar-refractivity contribution in [3.63, 3.8) is 0 Å². The lowest BCUT2D eigenvalue weighted by Crippen LogP contribution is -2.39. The number of nitrogens with zero attached hydrogens (tertiary/aromatic N) is 1. The molecule has 0 amide bonds. The first kappa shape index (κ1) is 16.3. The van der Waals surface area contributed by atoms with E-state index in [0.29, 0.717) is 16.8 Å². The minimum absolute atomic E-state index is 0.157. The van der Waals surface area contributed by atoms with E-state index in [-0.39, 0.29) is 22.9 Å². The lowest BCUT2D eigenvalue weighted by atomic mass is 10.0. The van der Waals surface area contributed by atoms with E-state index in [9.17, 15) is 13.2 Å². The van der Waals surface area contributed by atoms with E-state index < -0.39 is 10.0 Å². The molecule has 6 heteroatoms. The molecule has 0 saturated heterocycles. The average Bonchev–Trinajstić information content (AvgIpc) is 2.61. The number of carbonyl (C=O) groups is 1. The van der Waals surface area contributed by atoms with Gasteiger partial charge in [0.25, 0.3) is 10.0 Å². The molecule has 2 aromatic carbocycles. The molecule has 24 heavy (non-hydrogen) atoms. The van der Waals surface area contributed by atoms with Gasteiger partial charge in [0.15, 0.2) is 0 Å². The molecule has 1 N–H and O–H groups in total. The maximum absolute atomic E-state index is 13.0. The second kappa shape index (κ2) is 6.13. The molecule has 1 heterocycles. The molecule has 0 radical (unpaired) electrons. The van der Waals surface area contributed by atoms with Gasteiger partial charge in [-0.3, -0.25) is 9.10 Å². The number of Topliss-reactive ketones (excluding diaryl/α,β-unsaturated/α-hetero) is 1. The molecule has 0 aliphatic carbocycles. The molecule has 0 fully saturated rings. The number of benzene rings is 2. The molecule has 2 aromatic rings. The molecule has 5 nitrogen and oxygen atoms in total. The Labute approximate surface area is 141 Å². The third-order valence-corrected chi connectivity index (χ3v) is 5.93. The number of allylic oxidation sites excluding steroid dienone is 1. The monoisotopic (exact) mass is 342 g/mol. The average molecular weight is 342 g/mol. The third-order valence-electron chi connectivity index (χ3n) is 4.00. The molecule has 3 rings (SSSR count). The van der Waals surface area contributed by atoms with Crippen molar-refractivity contribution in [1.29, 1.82) is 0 Å². The summed E-state index contributed by atoms with van der Waals surface area (Å²) in [5.74, 6) is -0.320. The van der Waals surface area contributed by atoms with Gasteiger partial charge in [0, 0.05) is 24.7 Å². The van der Waals surface area contributed by atoms with Gasteiger partial charge in [-0.05, 0) is 13.0 Å². The Balaban J connectivity index is 2.32. The Hall–Kier alpha value is -2.60. The molecular weight excluding hydrogens is 324 g/mol. The van der Waals surface area contributed by atoms with Gasteiger partial charge >= 0.3 is 0 Å². The predicted octanol–water partition coefficient (Wildman–Crippen LogP) is 2.48. The van der Waals surface area contributed by atoms with E-state index in [4.69, 9.17) is 0 Å². The van der Waals surface area contributed by atoms with Crippen LogP contribution in [0.2, 0.25) is 0 Å². The molecule has 0 saturated carbocycles. The van der Waals surface area contributed by atoms with Crippen molar-refractivity contribution in [1.82, 2.24) is 9.62 Å². The van der Waals surface area contributed by atoms with E-state index in [1.807, 2.05) is 6.07 Å². The molecule has 1 aliphatic rings. The van der Waals surface area contributed by atoms with Crippen molar-refractivity contribution in [2.75, 3.05) is 13.6 Å². The molecule has 0 unspecified atom stereocenters. The quantitative estimate of drug-likeness (QED) is 0.867. The maximum atomic E-state index is 13.0. The molecule has 0 bridgehead atoms. The smallest absolute Gasteiger partial charge is 0.265 e. The van der Waals surface area contributed by atoms with Gasteiger partial charge in [-0.1, -0.05) is 48.5 Å². The molecular formula is C18H18N2O3S. The zero-order valence-corrected chi connectivity index (χ0v) is 14.3. The largest absolute Gasteiger partial charge is 0.386 e. The van der Waals surface area contributed by atoms with E-state index in [1.165, 1.54) is 4.31 Å². The molecule has 0 atom stereocenters. The molecule has 1 aliphatic heterocycles. The summed E-state index contributed by atoms with van der Waals surface area (Å²) < 4.78 is 27.1. The number of rotatable bonds is 4. The Kier molecular flexibility index (Phi) is 4.15. The summed E-state index contributed by atoms with van der Waals surface area (Å²) in [5.41, 5.74) is 1.65. The molecule has 124 valence electrons. The summed E-state index contributed by atoms with van der Waals surface area (Å²) in [6, 6.07) is 15.4. The van der Waals surface area contributed by atoms with Crippen LogP contribution >= 0.6 is 0 Å². The summed E-state index contributed by atoms with van der Waals surface area (Å²) in [4.78, 5) is 13.2. The van der Waals surface area contributed by atoms with Crippen LogP contribution in [0.3, 0.4) is 0 Å². The summed E-state index contributed by atoms with van der Waals surface area (Å²) in [6.07, 6.45) is 0. The standard InChI is InChI=1S/C18H18N2O3S/c1-3-20-17(18(21)13-9-5-4-6-10-13)16(19-2)14-11-7-8-12-15(14)24(20,22)23/h4-12,19H,3H2,1-2H3. The van der Waals surface area contributed by atoms with Gasteiger partial charge in [0.1, 0.15) is 5.70 Å². The minimum atomic E-state index is -3.76. The second-order valence-electron chi connectivity index (χ2n) is 5.33. The van der Waals surface area contributed by atoms with Gasteiger partial charge in [-0.2, -0.15) is 0 Å². The van der Waals surface area contributed by atoms with Crippen LogP contribution in [0.4, 0.5) is 0 Å². The topological polar surface area (TPSA) is 66.5 Å². The Morgan fingerprint density at radius 3 is 2.29 bits per heavy atom. The van der Waals surface area contributed by atoms with Crippen LogP contribution in [0.5, 0.6) is 0 Å². The van der Waals surface area contributed by atoms with Crippen LogP contribution in [0.25, 0.3) is 5.70 Å². The first-order valence-corrected chi connectivity index (χ1v) is 9.10. The highest BCUT2D eigenvalue weighted by Gasteiger charge is 2.38. The zero-order valence-electron chi connectivity index (χ0n) is 13.5. The maximum Gasteiger partial charge on any atom is 0.265 e. The van der Waals surface area contributed by atoms with Crippen molar-refractivity contribution in [3.8, 4) is 0 Å². The minimum Gasteiger partial charge on any atom is -0.386 e. The first-order valence-electron chi connectivity index (χ1n) is 7.66. The third kappa shape index (κ3) is 2.39. The van der Waals surface area contributed by atoms with Gasteiger partial charge in [0.2, 0.25) is 5.78 Å². The van der Waals surface area contributed by atoms with Crippen molar-refractivity contribution in [2.24, 2.45) is 0 Å². The van der Waals surface area contributed by atoms with Gasteiger partial charge in [0.05, 0.1) is 10.6 Å². The number of carbonyl (C=O) groups excluding carboxylic acids is 1. The number of ketones is 1. The van der Waals surface area contributed by atoms with E-state index in [2.05, 4.69) is 5.32 Å². The number of likely N-dealkylation sites (N-methyl/N-ethyl adjacent to an activating group) is 1. The van der Waals surface area contributed by atoms with Crippen molar-refractivity contribution in [3.05, 3.63) is 71.4 Å². The van der Waals surface area contributed by atoms with Crippen LogP contribution in [0.15, 0.2) is 65.2 Å². The van der Waals surface area contributed by atoms with Gasteiger partial charge in [-0.25, -0.2) is 8.42 Å². The lowest BCUT2D eigenvalue weighted by molar-refractivity contribution is 0.101. The summed E-state index contributed by atoms with van der Waals surface area (Å²) in [6.45, 7) is 1.90. The number of hydrogen-bond acceptors (Lipinski definition) is 4. The van der Waals surface area contributed by atoms with E-state index in [0.717, 1.165) is 0 Å². The lowest BCUT2D eigenvalue weighted by Gasteiger charge is -2.32. The predicted molar refractivity (Wildman–Crippen MR) is 92.8 cm³/mol. The van der Waals surface area contributed by atoms with Gasteiger partial charge in [-0.15, -0.1) is 0 Å². The van der Waals surface area contributed by atoms with Crippen LogP contribution in [0.1, 0.15) is 22.8 Å². The van der Waals surface area contributed by atoms with E-state index >= 15 is 0 Å². The van der Waals surface area contributed by atoms with Crippen molar-refractivity contribution >= 4 is 21.5 Å². The summed E-state index contributed by atoms with van der Waals surface area (Å²) in [5, 5.41) is 3.02. The summed E-state index contributed by atoms with van der Waals surface area (Å²) >= 11 is 0. The first-order chi connectivity index (χ1) is 11.5. The van der Waals surface area contributed by atoms with Crippen molar-refractivity contribution < 1.29 is 13.2 Å². The fourth-order valence-electron chi connectivity index (χ4n) is 2.92. The number of fused-ring (bicyclic) bond motifs is 1. The van der Waals surface area contributed by atoms with Crippen LogP contribution in [0, 0.1) is 0 Å². The number of nitrogens with one attached hydrogen (secondary N) is 1. The van der Waals surface area contributed by atoms with Crippen molar-refractivity contribution in [2.45, 2.75) is 11.8 Å². The highest BCUT2D eigenvalue weighted by atomic mass is 32.2. The SMILES string of the molecule is CCN1C(C(=O)c2ccccc2)=C(NC)c2ccccc2S1(=O)=O. The van der Waals surface area contributed by atoms with Crippen LogP contribution in [-0.2, 0) is 10.0 Å². The summed E-state index contributed by atoms with van der Waals surface area (Å²) in [7, 11) is -2.07. The normalized spacial score (nSPS) is 15.8. The highest BCUT2D eigenvalue weighted by molar-refractivity contribution is 7.89. The fourth-order valence-corrected chi connectivity index (χ4v) is 4.61. The second-order valence-corrected chi connectivity index (χ2v) is 7.17. The number of sulfonamides is 1. The van der Waals surface area contributed by atoms with E-state index in [1.54, 1.807) is 62.5 Å². The molecule has 0 aromatic heterocycles. The molecule has 0 spiro atoms. The van der Waals surface area contributed by atoms with Crippen LogP contribution in [-0.4, -0.2) is 32.1 Å². The van der Waals surface area contributed by atoms with Crippen LogP contribution < -0.4 is 5.32 Å². The Morgan fingerprint density at radius 2 is 1.67 bits per heavy atom. The zero-order chi connectivity index (χ0) is 17.3.